The Bertz CT molecular complexity index is 228. The van der Waals surface area contributed by atoms with Crippen LogP contribution in [0.1, 0.15) is 33.6 Å². The Kier molecular flexibility index (Phi) is 4.83. The van der Waals surface area contributed by atoms with Crippen molar-refractivity contribution in [3.63, 3.8) is 0 Å². The quantitative estimate of drug-likeness (QED) is 0.792. The zero-order valence-electron chi connectivity index (χ0n) is 11.6. The second-order valence-corrected chi connectivity index (χ2v) is 5.93. The highest BCUT2D eigenvalue weighted by molar-refractivity contribution is 4.87. The molecule has 3 heteroatoms. The van der Waals surface area contributed by atoms with Gasteiger partial charge in [-0.25, -0.2) is 0 Å². The van der Waals surface area contributed by atoms with Gasteiger partial charge in [0.15, 0.2) is 0 Å². The van der Waals surface area contributed by atoms with Crippen LogP contribution in [0.4, 0.5) is 0 Å². The molecule has 17 heavy (non-hydrogen) atoms. The summed E-state index contributed by atoms with van der Waals surface area (Å²) in [6, 6.07) is 1.38. The zero-order chi connectivity index (χ0) is 12.3. The summed E-state index contributed by atoms with van der Waals surface area (Å²) in [4.78, 5) is 2.66. The van der Waals surface area contributed by atoms with E-state index in [1.165, 1.54) is 25.9 Å². The van der Waals surface area contributed by atoms with Gasteiger partial charge in [0.05, 0.1) is 6.61 Å². The van der Waals surface area contributed by atoms with Gasteiger partial charge >= 0.3 is 0 Å². The summed E-state index contributed by atoms with van der Waals surface area (Å²) in [5.41, 5.74) is 0. The van der Waals surface area contributed by atoms with Crippen molar-refractivity contribution in [3.8, 4) is 0 Å². The Morgan fingerprint density at radius 2 is 2.24 bits per heavy atom. The van der Waals surface area contributed by atoms with Crippen LogP contribution in [0.15, 0.2) is 0 Å². The van der Waals surface area contributed by atoms with E-state index in [4.69, 9.17) is 4.74 Å². The summed E-state index contributed by atoms with van der Waals surface area (Å²) in [5, 5.41) is 3.67. The van der Waals surface area contributed by atoms with Crippen LogP contribution < -0.4 is 5.32 Å². The molecule has 2 fully saturated rings. The van der Waals surface area contributed by atoms with E-state index >= 15 is 0 Å². The Labute approximate surface area is 106 Å². The fraction of sp³-hybridized carbons (Fsp3) is 1.00. The fourth-order valence-electron chi connectivity index (χ4n) is 3.41. The Morgan fingerprint density at radius 3 is 2.76 bits per heavy atom. The van der Waals surface area contributed by atoms with Gasteiger partial charge in [0.2, 0.25) is 0 Å². The molecular formula is C14H28N2O. The maximum atomic E-state index is 5.54. The highest BCUT2D eigenvalue weighted by Crippen LogP contribution is 2.25. The molecule has 0 aromatic heterocycles. The summed E-state index contributed by atoms with van der Waals surface area (Å²) in [7, 11) is 0. The molecule has 0 aromatic carbocycles. The van der Waals surface area contributed by atoms with Gasteiger partial charge in [-0.2, -0.15) is 0 Å². The third-order valence-electron chi connectivity index (χ3n) is 4.34. The molecule has 100 valence electrons. The van der Waals surface area contributed by atoms with Crippen molar-refractivity contribution in [1.29, 1.82) is 0 Å². The van der Waals surface area contributed by atoms with Gasteiger partial charge in [0.25, 0.3) is 0 Å². The lowest BCUT2D eigenvalue weighted by Gasteiger charge is -2.30. The number of likely N-dealkylation sites (N-methyl/N-ethyl adjacent to an activating group) is 1. The van der Waals surface area contributed by atoms with Gasteiger partial charge < -0.3 is 10.1 Å². The lowest BCUT2D eigenvalue weighted by Crippen LogP contribution is -2.46. The van der Waals surface area contributed by atoms with Gasteiger partial charge in [0, 0.05) is 37.7 Å². The predicted octanol–water partition coefficient (Wildman–Crippen LogP) is 1.73. The highest BCUT2D eigenvalue weighted by atomic mass is 16.5. The molecule has 2 saturated heterocycles. The van der Waals surface area contributed by atoms with Crippen molar-refractivity contribution in [2.45, 2.75) is 45.7 Å². The average Bonchev–Trinajstić information content (AvgIpc) is 2.88. The molecule has 0 amide bonds. The van der Waals surface area contributed by atoms with E-state index in [0.29, 0.717) is 6.04 Å². The normalized spacial score (nSPS) is 36.5. The van der Waals surface area contributed by atoms with E-state index in [2.05, 4.69) is 31.0 Å². The molecule has 0 spiro atoms. The van der Waals surface area contributed by atoms with Crippen LogP contribution in [0.2, 0.25) is 0 Å². The van der Waals surface area contributed by atoms with Gasteiger partial charge in [-0.1, -0.05) is 13.8 Å². The molecule has 2 heterocycles. The lowest BCUT2D eigenvalue weighted by atomic mass is 9.98. The SMILES string of the molecule is CCNC(CN1CC(C)CC1C)C1CCOC1. The summed E-state index contributed by atoms with van der Waals surface area (Å²) in [5.74, 6) is 1.59. The van der Waals surface area contributed by atoms with Crippen molar-refractivity contribution < 1.29 is 4.74 Å². The number of rotatable bonds is 5. The fourth-order valence-corrected chi connectivity index (χ4v) is 3.41. The van der Waals surface area contributed by atoms with Crippen LogP contribution in [-0.4, -0.2) is 49.8 Å². The molecule has 4 atom stereocenters. The first-order valence-corrected chi connectivity index (χ1v) is 7.25. The molecule has 0 aliphatic carbocycles. The molecule has 0 radical (unpaired) electrons. The van der Waals surface area contributed by atoms with Crippen molar-refractivity contribution in [1.82, 2.24) is 10.2 Å². The Hall–Kier alpha value is -0.120. The first-order valence-electron chi connectivity index (χ1n) is 7.25. The summed E-state index contributed by atoms with van der Waals surface area (Å²) >= 11 is 0. The van der Waals surface area contributed by atoms with E-state index < -0.39 is 0 Å². The molecule has 3 nitrogen and oxygen atoms in total. The summed E-state index contributed by atoms with van der Waals surface area (Å²) < 4.78 is 5.54. The number of hydrogen-bond acceptors (Lipinski definition) is 3. The van der Waals surface area contributed by atoms with E-state index in [1.54, 1.807) is 0 Å². The topological polar surface area (TPSA) is 24.5 Å². The minimum Gasteiger partial charge on any atom is -0.381 e. The number of hydrogen-bond donors (Lipinski definition) is 1. The maximum Gasteiger partial charge on any atom is 0.0510 e. The first kappa shape index (κ1) is 13.3. The monoisotopic (exact) mass is 240 g/mol. The van der Waals surface area contributed by atoms with E-state index in [-0.39, 0.29) is 0 Å². The number of nitrogens with zero attached hydrogens (tertiary/aromatic N) is 1. The zero-order valence-corrected chi connectivity index (χ0v) is 11.6. The molecule has 1 N–H and O–H groups in total. The van der Waals surface area contributed by atoms with Crippen LogP contribution >= 0.6 is 0 Å². The average molecular weight is 240 g/mol. The molecule has 2 aliphatic rings. The molecular weight excluding hydrogens is 212 g/mol. The smallest absolute Gasteiger partial charge is 0.0510 e. The number of ether oxygens (including phenoxy) is 1. The van der Waals surface area contributed by atoms with Crippen LogP contribution in [0, 0.1) is 11.8 Å². The summed E-state index contributed by atoms with van der Waals surface area (Å²) in [6.07, 6.45) is 2.59. The van der Waals surface area contributed by atoms with Crippen LogP contribution in [-0.2, 0) is 4.74 Å². The Morgan fingerprint density at radius 1 is 1.41 bits per heavy atom. The van der Waals surface area contributed by atoms with Crippen molar-refractivity contribution in [2.75, 3.05) is 32.8 Å². The number of nitrogens with one attached hydrogen (secondary N) is 1. The van der Waals surface area contributed by atoms with Crippen LogP contribution in [0.5, 0.6) is 0 Å². The van der Waals surface area contributed by atoms with Gasteiger partial charge in [-0.15, -0.1) is 0 Å². The van der Waals surface area contributed by atoms with E-state index in [1.807, 2.05) is 0 Å². The predicted molar refractivity (Wildman–Crippen MR) is 71.2 cm³/mol. The third-order valence-corrected chi connectivity index (χ3v) is 4.34. The second-order valence-electron chi connectivity index (χ2n) is 5.93. The van der Waals surface area contributed by atoms with Crippen LogP contribution in [0.25, 0.3) is 0 Å². The van der Waals surface area contributed by atoms with E-state index in [0.717, 1.165) is 37.6 Å². The maximum absolute atomic E-state index is 5.54. The minimum atomic E-state index is 0.621. The standard InChI is InChI=1S/C14H28N2O/c1-4-15-14(13-5-6-17-10-13)9-16-8-11(2)7-12(16)3/h11-15H,4-10H2,1-3H3. The molecule has 2 rings (SSSR count). The lowest BCUT2D eigenvalue weighted by molar-refractivity contribution is 0.159. The van der Waals surface area contributed by atoms with E-state index in [9.17, 15) is 0 Å². The number of likely N-dealkylation sites (tertiary alicyclic amines) is 1. The van der Waals surface area contributed by atoms with Gasteiger partial charge in [0.1, 0.15) is 0 Å². The second kappa shape index (κ2) is 6.17. The van der Waals surface area contributed by atoms with Crippen LogP contribution in [0.3, 0.4) is 0 Å². The van der Waals surface area contributed by atoms with Gasteiger partial charge in [-0.05, 0) is 32.2 Å². The van der Waals surface area contributed by atoms with Gasteiger partial charge in [-0.3, -0.25) is 4.90 Å². The molecule has 4 unspecified atom stereocenters. The molecule has 0 aromatic rings. The van der Waals surface area contributed by atoms with Crippen molar-refractivity contribution >= 4 is 0 Å². The summed E-state index contributed by atoms with van der Waals surface area (Å²) in [6.45, 7) is 12.4. The highest BCUT2D eigenvalue weighted by Gasteiger charge is 2.31. The van der Waals surface area contributed by atoms with Crippen molar-refractivity contribution in [2.24, 2.45) is 11.8 Å². The third kappa shape index (κ3) is 3.43. The van der Waals surface area contributed by atoms with Crippen molar-refractivity contribution in [3.05, 3.63) is 0 Å². The minimum absolute atomic E-state index is 0.621. The Balaban J connectivity index is 1.88. The largest absolute Gasteiger partial charge is 0.381 e. The molecule has 2 aliphatic heterocycles. The first-order chi connectivity index (χ1) is 8.20. The molecule has 0 bridgehead atoms. The molecule has 0 saturated carbocycles.